The van der Waals surface area contributed by atoms with Crippen LogP contribution in [0.15, 0.2) is 213 Å². The summed E-state index contributed by atoms with van der Waals surface area (Å²) in [6, 6.07) is 47.0. The van der Waals surface area contributed by atoms with E-state index in [9.17, 15) is 117 Å². The van der Waals surface area contributed by atoms with E-state index in [1.165, 1.54) is 72.8 Å². The molecule has 3 unspecified atom stereocenters. The Morgan fingerprint density at radius 3 is 1.72 bits per heavy atom. The number of aliphatic hydroxyl groups excluding tert-OH is 5. The Hall–Kier alpha value is -13.9. The Morgan fingerprint density at radius 2 is 1.06 bits per heavy atom. The second-order valence-corrected chi connectivity index (χ2v) is 24.6. The Bertz CT molecular complexity index is 5500. The highest BCUT2D eigenvalue weighted by Gasteiger charge is 2.45. The molecule has 0 saturated carbocycles. The fourth-order valence-corrected chi connectivity index (χ4v) is 11.6. The summed E-state index contributed by atoms with van der Waals surface area (Å²) in [7, 11) is 0. The molecule has 21 N–H and O–H groups in total. The first-order valence-corrected chi connectivity index (χ1v) is 32.7. The maximum Gasteiger partial charge on any atom is 0.238 e. The van der Waals surface area contributed by atoms with Crippen LogP contribution in [-0.4, -0.2) is 151 Å². The summed E-state index contributed by atoms with van der Waals surface area (Å²) in [4.78, 5) is 24.2. The van der Waals surface area contributed by atoms with Gasteiger partial charge in [-0.15, -0.1) is 0 Å². The molecule has 29 heteroatoms. The summed E-state index contributed by atoms with van der Waals surface area (Å²) in [5, 5.41) is 202. The van der Waals surface area contributed by atoms with Crippen LogP contribution in [0.3, 0.4) is 0 Å². The average molecular weight is 1490 g/mol. The number of aliphatic hydroxyl groups is 5. The van der Waals surface area contributed by atoms with Gasteiger partial charge in [0.2, 0.25) is 23.2 Å². The van der Waals surface area contributed by atoms with Crippen molar-refractivity contribution in [3.8, 4) is 132 Å². The first-order valence-electron chi connectivity index (χ1n) is 32.7. The van der Waals surface area contributed by atoms with Crippen LogP contribution in [0.5, 0.6) is 109 Å². The second kappa shape index (κ2) is 32.6. The lowest BCUT2D eigenvalue weighted by Crippen LogP contribution is -2.60. The molecule has 0 aliphatic carbocycles. The molecule has 29 nitrogen and oxygen atoms in total. The minimum atomic E-state index is -1.55. The number of allylic oxidation sites excluding steroid dienone is 1. The molecule has 5 heterocycles. The van der Waals surface area contributed by atoms with Crippen molar-refractivity contribution in [3.63, 3.8) is 0 Å². The Morgan fingerprint density at radius 1 is 0.450 bits per heavy atom. The molecule has 2 aromatic heterocycles. The van der Waals surface area contributed by atoms with E-state index in [0.29, 0.717) is 45.7 Å². The Labute approximate surface area is 614 Å². The van der Waals surface area contributed by atoms with Crippen LogP contribution in [-0.2, 0) is 17.6 Å². The van der Waals surface area contributed by atoms with Crippen molar-refractivity contribution in [2.75, 3.05) is 6.61 Å². The maximum absolute atomic E-state index is 12.2. The van der Waals surface area contributed by atoms with Crippen LogP contribution < -0.4 is 25.1 Å². The minimum Gasteiger partial charge on any atom is -0.508 e. The molecule has 7 atom stereocenters. The first kappa shape index (κ1) is 76.2. The first-order chi connectivity index (χ1) is 52.0. The molecule has 109 heavy (non-hydrogen) atoms. The molecule has 3 aliphatic rings. The van der Waals surface area contributed by atoms with Gasteiger partial charge in [0.05, 0.1) is 18.3 Å². The summed E-state index contributed by atoms with van der Waals surface area (Å²) >= 11 is 0. The second-order valence-electron chi connectivity index (χ2n) is 24.6. The molecule has 15 rings (SSSR count). The number of hydrogen-bond donors (Lipinski definition) is 21. The van der Waals surface area contributed by atoms with Crippen LogP contribution in [0.25, 0.3) is 62.5 Å². The van der Waals surface area contributed by atoms with E-state index >= 15 is 0 Å². The zero-order chi connectivity index (χ0) is 78.2. The van der Waals surface area contributed by atoms with Crippen molar-refractivity contribution in [2.24, 2.45) is 0 Å². The van der Waals surface area contributed by atoms with Gasteiger partial charge in [-0.2, -0.15) is 0 Å². The fraction of sp³-hybridized carbons (Fsp3) is 0.125. The highest BCUT2D eigenvalue weighted by atomic mass is 16.7. The van der Waals surface area contributed by atoms with Gasteiger partial charge in [-0.25, -0.2) is 0 Å². The monoisotopic (exact) mass is 1490 g/mol. The van der Waals surface area contributed by atoms with E-state index < -0.39 is 94.9 Å². The van der Waals surface area contributed by atoms with Crippen molar-refractivity contribution in [1.82, 2.24) is 0 Å². The molecular weight excluding hydrogens is 1420 g/mol. The van der Waals surface area contributed by atoms with Crippen molar-refractivity contribution in [2.45, 2.75) is 55.8 Å². The van der Waals surface area contributed by atoms with E-state index in [1.807, 2.05) is 42.5 Å². The molecule has 0 amide bonds. The Kier molecular flexibility index (Phi) is 22.8. The predicted molar refractivity (Wildman–Crippen MR) is 390 cm³/mol. The van der Waals surface area contributed by atoms with Crippen LogP contribution in [0, 0.1) is 0 Å². The average Bonchev–Trinajstić information content (AvgIpc) is 0.768. The quantitative estimate of drug-likeness (QED) is 0.0472. The van der Waals surface area contributed by atoms with Gasteiger partial charge in [0.15, 0.2) is 34.2 Å². The largest absolute Gasteiger partial charge is 0.508 e. The molecule has 0 bridgehead atoms. The molecule has 562 valence electrons. The van der Waals surface area contributed by atoms with E-state index in [-0.39, 0.29) is 109 Å². The molecule has 1 saturated heterocycles. The highest BCUT2D eigenvalue weighted by Crippen LogP contribution is 2.46. The topological polar surface area (TPSA) is 522 Å². The van der Waals surface area contributed by atoms with Gasteiger partial charge in [0, 0.05) is 95.8 Å². The van der Waals surface area contributed by atoms with E-state index in [2.05, 4.69) is 0 Å². The normalized spacial score (nSPS) is 17.5. The van der Waals surface area contributed by atoms with E-state index in [0.717, 1.165) is 41.2 Å². The standard InChI is InChI=1S/C20H22O8.C15H10O7.C15H14O6.C15H10O5.C15H12O3/c21-10-16-17(24)18(25)19(26)20(28-16)27-15-8-12(7-14(23)9-15)2-1-11-3-5-13(22)6-4-11;16-6-1-2-8(9(18)3-6)15-14(21)13(20)12-10(19)4-7(17)5-11(12)22-15;16-8-4-11(18)9-6-13(20)15(21-14(9)5-8)7-1-2-10(17)12(19)3-7;16-9-6-11(8-4-2-1-3-5-8)20-12-7-10(17)14(18)15(19)13(9)12;16-11-8-13(17)12-6-7-14(18-15(12)9-11)10-4-2-1-3-5-10/h1-9,16-26H,10H2;1-5,16-19,21H;1-5,13,15-20H,6H2;1-7,17-19H;1-5,7-9,16-17H,6H2/b2-1+;;;;/t16?,17-,18-,19?,20-;;13-,15?;;/m1.0../s1. The van der Waals surface area contributed by atoms with Crippen LogP contribution >= 0.6 is 0 Å². The van der Waals surface area contributed by atoms with Crippen LogP contribution in [0.1, 0.15) is 39.5 Å². The number of fused-ring (bicyclic) bond motifs is 4. The van der Waals surface area contributed by atoms with Crippen LogP contribution in [0.2, 0.25) is 0 Å². The molecule has 1 fully saturated rings. The van der Waals surface area contributed by atoms with Gasteiger partial charge >= 0.3 is 0 Å². The smallest absolute Gasteiger partial charge is 0.238 e. The lowest BCUT2D eigenvalue weighted by molar-refractivity contribution is -0.277. The highest BCUT2D eigenvalue weighted by molar-refractivity contribution is 5.90. The van der Waals surface area contributed by atoms with Crippen molar-refractivity contribution >= 4 is 39.8 Å². The number of phenols is 15. The van der Waals surface area contributed by atoms with Gasteiger partial charge in [0.1, 0.15) is 139 Å². The number of hydrogen-bond acceptors (Lipinski definition) is 29. The summed E-state index contributed by atoms with van der Waals surface area (Å²) in [6.07, 6.45) is -2.57. The van der Waals surface area contributed by atoms with Gasteiger partial charge in [-0.3, -0.25) is 9.59 Å². The molecule has 3 aliphatic heterocycles. The lowest BCUT2D eigenvalue weighted by Gasteiger charge is -2.39. The fourth-order valence-electron chi connectivity index (χ4n) is 11.6. The van der Waals surface area contributed by atoms with Gasteiger partial charge in [-0.1, -0.05) is 91.0 Å². The third kappa shape index (κ3) is 17.4. The number of ether oxygens (including phenoxy) is 4. The van der Waals surface area contributed by atoms with Crippen LogP contribution in [0.4, 0.5) is 0 Å². The maximum atomic E-state index is 12.2. The number of rotatable bonds is 9. The molecule has 10 aromatic carbocycles. The van der Waals surface area contributed by atoms with E-state index in [4.69, 9.17) is 27.8 Å². The van der Waals surface area contributed by atoms with Gasteiger partial charge in [0.25, 0.3) is 0 Å². The number of benzene rings is 10. The van der Waals surface area contributed by atoms with Crippen molar-refractivity contribution in [1.29, 1.82) is 0 Å². The minimum absolute atomic E-state index is 0.000520. The van der Waals surface area contributed by atoms with Gasteiger partial charge < -0.3 is 135 Å². The molecule has 0 spiro atoms. The number of aromatic hydroxyl groups is 16. The lowest BCUT2D eigenvalue weighted by atomic mass is 9.94. The zero-order valence-corrected chi connectivity index (χ0v) is 56.5. The van der Waals surface area contributed by atoms with Crippen molar-refractivity contribution < 1.29 is 135 Å². The third-order valence-corrected chi connectivity index (χ3v) is 17.0. The third-order valence-electron chi connectivity index (χ3n) is 17.0. The number of phenolic OH excluding ortho intramolecular Hbond substituents is 15. The SMILES string of the molecule is O=c1c(O)c(-c2ccc(O)cc2O)oc2cc(O)cc(O)c12.O=c1cc(-c2ccccc2)oc2cc(O)c(O)c(O)c12.OCC1O[C@@H](Oc2cc(O)cc(/C=C/c3ccc(O)cc3)c2)C(O)[C@H](O)[C@@H]1O.Oc1cc(O)c2c(c1)OC(c1ccc(O)c(O)c1)[C@@H](O)C2.Oc1cc(O)c2c(c1)OC(c1ccccc1)=CC2. The molecule has 0 radical (unpaired) electrons. The van der Waals surface area contributed by atoms with E-state index in [1.54, 1.807) is 66.7 Å². The molecule has 12 aromatic rings. The molecular formula is C80H68O29. The summed E-state index contributed by atoms with van der Waals surface area (Å²) in [5.41, 5.74) is 3.08. The summed E-state index contributed by atoms with van der Waals surface area (Å²) in [5.74, 6) is -3.37. The van der Waals surface area contributed by atoms with Crippen molar-refractivity contribution in [3.05, 3.63) is 248 Å². The summed E-state index contributed by atoms with van der Waals surface area (Å²) < 4.78 is 33.0. The van der Waals surface area contributed by atoms with Gasteiger partial charge in [-0.05, 0) is 71.3 Å². The summed E-state index contributed by atoms with van der Waals surface area (Å²) in [6.45, 7) is -0.564. The predicted octanol–water partition coefficient (Wildman–Crippen LogP) is 9.63. The Balaban J connectivity index is 0.000000136. The zero-order valence-electron chi connectivity index (χ0n) is 56.5.